The molecule has 0 atom stereocenters. The number of aromatic nitrogens is 2. The van der Waals surface area contributed by atoms with Gasteiger partial charge in [0, 0.05) is 19.0 Å². The molecular formula is C20H19N3O5. The lowest BCUT2D eigenvalue weighted by molar-refractivity contribution is -0.123. The van der Waals surface area contributed by atoms with Crippen molar-refractivity contribution in [3.8, 4) is 17.1 Å². The standard InChI is InChI=1S/C20H19N3O5/c1-13-22-19(23-28-13)16-4-3-5-17(10-16)27-12-18(24)21-11-14-6-8-15(9-7-14)20(25)26-2/h3-10H,11-12H2,1-2H3,(H,21,24). The molecule has 0 saturated carbocycles. The van der Waals surface area contributed by atoms with Crippen LogP contribution >= 0.6 is 0 Å². The number of methoxy groups -OCH3 is 1. The number of carbonyl (C=O) groups excluding carboxylic acids is 2. The molecule has 0 bridgehead atoms. The van der Waals surface area contributed by atoms with Crippen LogP contribution in [0.5, 0.6) is 5.75 Å². The van der Waals surface area contributed by atoms with Crippen LogP contribution < -0.4 is 10.1 Å². The van der Waals surface area contributed by atoms with Gasteiger partial charge in [0.25, 0.3) is 5.91 Å². The summed E-state index contributed by atoms with van der Waals surface area (Å²) in [4.78, 5) is 27.6. The van der Waals surface area contributed by atoms with Crippen LogP contribution in [-0.2, 0) is 16.1 Å². The van der Waals surface area contributed by atoms with Crippen LogP contribution in [0.15, 0.2) is 53.1 Å². The molecule has 0 aliphatic rings. The van der Waals surface area contributed by atoms with Crippen molar-refractivity contribution >= 4 is 11.9 Å². The number of hydrogen-bond donors (Lipinski definition) is 1. The van der Waals surface area contributed by atoms with Crippen molar-refractivity contribution in [2.45, 2.75) is 13.5 Å². The summed E-state index contributed by atoms with van der Waals surface area (Å²) in [6.07, 6.45) is 0. The molecule has 0 aliphatic carbocycles. The third-order valence-electron chi connectivity index (χ3n) is 3.85. The zero-order chi connectivity index (χ0) is 19.9. The quantitative estimate of drug-likeness (QED) is 0.627. The molecular weight excluding hydrogens is 362 g/mol. The molecule has 0 aliphatic heterocycles. The second kappa shape index (κ2) is 8.81. The van der Waals surface area contributed by atoms with E-state index < -0.39 is 5.97 Å². The molecule has 0 fully saturated rings. The number of aryl methyl sites for hydroxylation is 1. The fourth-order valence-electron chi connectivity index (χ4n) is 2.42. The second-order valence-corrected chi connectivity index (χ2v) is 5.92. The van der Waals surface area contributed by atoms with Crippen LogP contribution in [0, 0.1) is 6.92 Å². The van der Waals surface area contributed by atoms with Gasteiger partial charge in [0.2, 0.25) is 11.7 Å². The van der Waals surface area contributed by atoms with Crippen molar-refractivity contribution in [3.63, 3.8) is 0 Å². The largest absolute Gasteiger partial charge is 0.484 e. The van der Waals surface area contributed by atoms with E-state index in [1.54, 1.807) is 49.4 Å². The molecule has 28 heavy (non-hydrogen) atoms. The minimum atomic E-state index is -0.401. The summed E-state index contributed by atoms with van der Waals surface area (Å²) in [7, 11) is 1.33. The van der Waals surface area contributed by atoms with E-state index in [4.69, 9.17) is 9.26 Å². The van der Waals surface area contributed by atoms with Crippen LogP contribution in [-0.4, -0.2) is 35.7 Å². The van der Waals surface area contributed by atoms with E-state index >= 15 is 0 Å². The smallest absolute Gasteiger partial charge is 0.337 e. The van der Waals surface area contributed by atoms with Crippen LogP contribution in [0.2, 0.25) is 0 Å². The van der Waals surface area contributed by atoms with Gasteiger partial charge in [-0.15, -0.1) is 0 Å². The molecule has 8 nitrogen and oxygen atoms in total. The van der Waals surface area contributed by atoms with Gasteiger partial charge in [-0.2, -0.15) is 4.98 Å². The maximum absolute atomic E-state index is 12.0. The number of nitrogens with zero attached hydrogens (tertiary/aromatic N) is 2. The highest BCUT2D eigenvalue weighted by molar-refractivity contribution is 5.89. The zero-order valence-corrected chi connectivity index (χ0v) is 15.5. The molecule has 3 rings (SSSR count). The summed E-state index contributed by atoms with van der Waals surface area (Å²) < 4.78 is 15.1. The highest BCUT2D eigenvalue weighted by atomic mass is 16.5. The topological polar surface area (TPSA) is 104 Å². The first kappa shape index (κ1) is 19.1. The van der Waals surface area contributed by atoms with Crippen molar-refractivity contribution in [2.75, 3.05) is 13.7 Å². The number of ether oxygens (including phenoxy) is 2. The lowest BCUT2D eigenvalue weighted by Crippen LogP contribution is -2.28. The first-order chi connectivity index (χ1) is 13.5. The number of carbonyl (C=O) groups is 2. The Morgan fingerprint density at radius 2 is 1.93 bits per heavy atom. The van der Waals surface area contributed by atoms with E-state index in [-0.39, 0.29) is 12.5 Å². The fraction of sp³-hybridized carbons (Fsp3) is 0.200. The molecule has 0 unspecified atom stereocenters. The molecule has 2 aromatic carbocycles. The Hall–Kier alpha value is -3.68. The predicted octanol–water partition coefficient (Wildman–Crippen LogP) is 2.53. The zero-order valence-electron chi connectivity index (χ0n) is 15.5. The molecule has 1 N–H and O–H groups in total. The maximum Gasteiger partial charge on any atom is 0.337 e. The van der Waals surface area contributed by atoms with Gasteiger partial charge in [-0.3, -0.25) is 4.79 Å². The summed E-state index contributed by atoms with van der Waals surface area (Å²) in [5, 5.41) is 6.62. The average Bonchev–Trinajstić information content (AvgIpc) is 3.17. The monoisotopic (exact) mass is 381 g/mol. The summed E-state index contributed by atoms with van der Waals surface area (Å²) in [6.45, 7) is 1.91. The van der Waals surface area contributed by atoms with E-state index in [1.807, 2.05) is 6.07 Å². The van der Waals surface area contributed by atoms with Gasteiger partial charge in [0.15, 0.2) is 6.61 Å². The van der Waals surface area contributed by atoms with E-state index in [9.17, 15) is 9.59 Å². The van der Waals surface area contributed by atoms with Gasteiger partial charge >= 0.3 is 5.97 Å². The Balaban J connectivity index is 1.50. The number of benzene rings is 2. The fourth-order valence-corrected chi connectivity index (χ4v) is 2.42. The van der Waals surface area contributed by atoms with Gasteiger partial charge in [-0.05, 0) is 29.8 Å². The summed E-state index contributed by atoms with van der Waals surface area (Å²) in [5.41, 5.74) is 2.05. The highest BCUT2D eigenvalue weighted by Gasteiger charge is 2.09. The Morgan fingerprint density at radius 1 is 1.14 bits per heavy atom. The third kappa shape index (κ3) is 4.94. The molecule has 3 aromatic rings. The summed E-state index contributed by atoms with van der Waals surface area (Å²) in [6, 6.07) is 13.9. The summed E-state index contributed by atoms with van der Waals surface area (Å²) >= 11 is 0. The third-order valence-corrected chi connectivity index (χ3v) is 3.85. The molecule has 0 saturated heterocycles. The molecule has 1 amide bonds. The van der Waals surface area contributed by atoms with Gasteiger partial charge < -0.3 is 19.3 Å². The van der Waals surface area contributed by atoms with Gasteiger partial charge in [0.1, 0.15) is 5.75 Å². The maximum atomic E-state index is 12.0. The number of amides is 1. The molecule has 144 valence electrons. The Bertz CT molecular complexity index is 966. The van der Waals surface area contributed by atoms with Crippen molar-refractivity contribution in [2.24, 2.45) is 0 Å². The summed E-state index contributed by atoms with van der Waals surface area (Å²) in [5.74, 6) is 0.792. The number of hydrogen-bond acceptors (Lipinski definition) is 7. The van der Waals surface area contributed by atoms with Crippen LogP contribution in [0.25, 0.3) is 11.4 Å². The Kier molecular flexibility index (Phi) is 6.01. The normalized spacial score (nSPS) is 10.4. The SMILES string of the molecule is COC(=O)c1ccc(CNC(=O)COc2cccc(-c3noc(C)n3)c2)cc1. The van der Waals surface area contributed by atoms with E-state index in [1.165, 1.54) is 7.11 Å². The van der Waals surface area contributed by atoms with Crippen molar-refractivity contribution in [1.82, 2.24) is 15.5 Å². The Morgan fingerprint density at radius 3 is 2.61 bits per heavy atom. The van der Waals surface area contributed by atoms with Crippen LogP contribution in [0.4, 0.5) is 0 Å². The second-order valence-electron chi connectivity index (χ2n) is 5.92. The van der Waals surface area contributed by atoms with Gasteiger partial charge in [-0.25, -0.2) is 4.79 Å². The van der Waals surface area contributed by atoms with E-state index in [0.717, 1.165) is 11.1 Å². The van der Waals surface area contributed by atoms with Gasteiger partial charge in [-0.1, -0.05) is 29.4 Å². The number of rotatable bonds is 7. The van der Waals surface area contributed by atoms with E-state index in [2.05, 4.69) is 20.2 Å². The lowest BCUT2D eigenvalue weighted by atomic mass is 10.1. The van der Waals surface area contributed by atoms with Crippen molar-refractivity contribution < 1.29 is 23.6 Å². The predicted molar refractivity (Wildman–Crippen MR) is 99.6 cm³/mol. The molecule has 1 aromatic heterocycles. The number of esters is 1. The van der Waals surface area contributed by atoms with Crippen molar-refractivity contribution in [1.29, 1.82) is 0 Å². The minimum absolute atomic E-state index is 0.130. The molecule has 0 radical (unpaired) electrons. The van der Waals surface area contributed by atoms with Gasteiger partial charge in [0.05, 0.1) is 12.7 Å². The van der Waals surface area contributed by atoms with Crippen LogP contribution in [0.3, 0.4) is 0 Å². The average molecular weight is 381 g/mol. The molecule has 0 spiro atoms. The molecule has 1 heterocycles. The lowest BCUT2D eigenvalue weighted by Gasteiger charge is -2.08. The number of nitrogens with one attached hydrogen (secondary N) is 1. The molecule has 8 heteroatoms. The highest BCUT2D eigenvalue weighted by Crippen LogP contribution is 2.21. The van der Waals surface area contributed by atoms with Crippen molar-refractivity contribution in [3.05, 3.63) is 65.5 Å². The van der Waals surface area contributed by atoms with E-state index in [0.29, 0.717) is 29.6 Å². The first-order valence-electron chi connectivity index (χ1n) is 8.52. The minimum Gasteiger partial charge on any atom is -0.484 e. The Labute approximate surface area is 161 Å². The first-order valence-corrected chi connectivity index (χ1v) is 8.52. The van der Waals surface area contributed by atoms with Crippen LogP contribution in [0.1, 0.15) is 21.8 Å².